The molecule has 1 amide bonds. The van der Waals surface area contributed by atoms with Crippen LogP contribution in [0.3, 0.4) is 0 Å². The van der Waals surface area contributed by atoms with E-state index in [0.29, 0.717) is 6.42 Å². The molecular weight excluding hydrogens is 192 g/mol. The summed E-state index contributed by atoms with van der Waals surface area (Å²) in [5.41, 5.74) is 7.61. The summed E-state index contributed by atoms with van der Waals surface area (Å²) in [6.45, 7) is 0. The predicted molar refractivity (Wildman–Crippen MR) is 57.9 cm³/mol. The van der Waals surface area contributed by atoms with Crippen LogP contribution in [0.1, 0.15) is 12.0 Å². The summed E-state index contributed by atoms with van der Waals surface area (Å²) in [5, 5.41) is 2.80. The first kappa shape index (κ1) is 9.98. The number of nitrogens with two attached hydrogens (primary N) is 1. The van der Waals surface area contributed by atoms with Gasteiger partial charge < -0.3 is 15.8 Å². The van der Waals surface area contributed by atoms with Crippen LogP contribution in [-0.4, -0.2) is 19.1 Å². The number of amides is 1. The first-order valence-electron chi connectivity index (χ1n) is 4.94. The molecule has 1 aliphatic heterocycles. The average molecular weight is 206 g/mol. The van der Waals surface area contributed by atoms with Gasteiger partial charge in [0.1, 0.15) is 5.75 Å². The predicted octanol–water partition coefficient (Wildman–Crippen LogP) is 0.907. The molecule has 0 saturated carbocycles. The van der Waals surface area contributed by atoms with Crippen molar-refractivity contribution in [2.45, 2.75) is 18.9 Å². The van der Waals surface area contributed by atoms with E-state index >= 15 is 0 Å². The Morgan fingerprint density at radius 1 is 1.53 bits per heavy atom. The van der Waals surface area contributed by atoms with Gasteiger partial charge in [0, 0.05) is 5.69 Å². The van der Waals surface area contributed by atoms with Gasteiger partial charge in [0.05, 0.1) is 13.2 Å². The summed E-state index contributed by atoms with van der Waals surface area (Å²) >= 11 is 0. The molecule has 1 aliphatic rings. The monoisotopic (exact) mass is 206 g/mol. The highest BCUT2D eigenvalue weighted by atomic mass is 16.5. The molecule has 1 heterocycles. The summed E-state index contributed by atoms with van der Waals surface area (Å²) in [6.07, 6.45) is 1.47. The maximum Gasteiger partial charge on any atom is 0.241 e. The Kier molecular flexibility index (Phi) is 2.60. The maximum absolute atomic E-state index is 11.5. The van der Waals surface area contributed by atoms with Crippen LogP contribution in [0.2, 0.25) is 0 Å². The Labute approximate surface area is 88.4 Å². The van der Waals surface area contributed by atoms with Gasteiger partial charge in [0.25, 0.3) is 0 Å². The second-order valence-corrected chi connectivity index (χ2v) is 3.66. The molecule has 0 aliphatic carbocycles. The molecule has 4 nitrogen and oxygen atoms in total. The quantitative estimate of drug-likeness (QED) is 0.717. The van der Waals surface area contributed by atoms with Crippen LogP contribution >= 0.6 is 0 Å². The Morgan fingerprint density at radius 3 is 3.07 bits per heavy atom. The van der Waals surface area contributed by atoms with Gasteiger partial charge in [-0.3, -0.25) is 4.79 Å². The van der Waals surface area contributed by atoms with Gasteiger partial charge in [0.2, 0.25) is 5.91 Å². The molecule has 1 aromatic rings. The summed E-state index contributed by atoms with van der Waals surface area (Å²) in [4.78, 5) is 11.5. The van der Waals surface area contributed by atoms with E-state index < -0.39 is 6.04 Å². The van der Waals surface area contributed by atoms with Gasteiger partial charge in [-0.1, -0.05) is 0 Å². The number of anilines is 1. The fourth-order valence-corrected chi connectivity index (χ4v) is 1.69. The van der Waals surface area contributed by atoms with Crippen molar-refractivity contribution in [3.05, 3.63) is 23.8 Å². The fourth-order valence-electron chi connectivity index (χ4n) is 1.69. The zero-order valence-corrected chi connectivity index (χ0v) is 8.62. The molecule has 4 heteroatoms. The lowest BCUT2D eigenvalue weighted by atomic mass is 10.1. The van der Waals surface area contributed by atoms with Crippen molar-refractivity contribution < 1.29 is 9.53 Å². The number of methoxy groups -OCH3 is 1. The van der Waals surface area contributed by atoms with Gasteiger partial charge in [-0.2, -0.15) is 0 Å². The second-order valence-electron chi connectivity index (χ2n) is 3.66. The molecular formula is C11H14N2O2. The van der Waals surface area contributed by atoms with Crippen LogP contribution in [-0.2, 0) is 11.2 Å². The molecule has 0 radical (unpaired) electrons. The molecule has 0 bridgehead atoms. The van der Waals surface area contributed by atoms with E-state index in [1.165, 1.54) is 0 Å². The van der Waals surface area contributed by atoms with Crippen LogP contribution in [0.5, 0.6) is 5.75 Å². The zero-order valence-electron chi connectivity index (χ0n) is 8.62. The van der Waals surface area contributed by atoms with Crippen molar-refractivity contribution in [3.63, 3.8) is 0 Å². The van der Waals surface area contributed by atoms with E-state index in [1.54, 1.807) is 7.11 Å². The largest absolute Gasteiger partial charge is 0.497 e. The minimum Gasteiger partial charge on any atom is -0.497 e. The van der Waals surface area contributed by atoms with E-state index in [9.17, 15) is 4.79 Å². The van der Waals surface area contributed by atoms with Crippen molar-refractivity contribution >= 4 is 11.6 Å². The number of benzene rings is 1. The standard InChI is InChI=1S/C11H14N2O2/c1-15-8-3-5-10-7(6-8)2-4-9(12)11(14)13-10/h3,5-6,9H,2,4,12H2,1H3,(H,13,14)/t9-/m0/s1. The van der Waals surface area contributed by atoms with Crippen molar-refractivity contribution in [1.82, 2.24) is 0 Å². The number of nitrogens with one attached hydrogen (secondary N) is 1. The SMILES string of the molecule is COc1ccc2c(c1)CC[C@H](N)C(=O)N2. The number of aryl methyl sites for hydroxylation is 1. The lowest BCUT2D eigenvalue weighted by Crippen LogP contribution is -2.34. The molecule has 1 aromatic carbocycles. The molecule has 1 atom stereocenters. The van der Waals surface area contributed by atoms with Crippen LogP contribution in [0, 0.1) is 0 Å². The number of ether oxygens (including phenoxy) is 1. The molecule has 15 heavy (non-hydrogen) atoms. The third-order valence-corrected chi connectivity index (χ3v) is 2.63. The third kappa shape index (κ3) is 1.94. The summed E-state index contributed by atoms with van der Waals surface area (Å²) in [6, 6.07) is 5.21. The number of hydrogen-bond donors (Lipinski definition) is 2. The van der Waals surface area contributed by atoms with E-state index in [-0.39, 0.29) is 5.91 Å². The topological polar surface area (TPSA) is 64.3 Å². The molecule has 80 valence electrons. The Hall–Kier alpha value is -1.55. The molecule has 0 saturated heterocycles. The Balaban J connectivity index is 2.34. The van der Waals surface area contributed by atoms with E-state index in [0.717, 1.165) is 23.4 Å². The van der Waals surface area contributed by atoms with Gasteiger partial charge in [-0.05, 0) is 36.6 Å². The molecule has 2 rings (SSSR count). The van der Waals surface area contributed by atoms with Gasteiger partial charge >= 0.3 is 0 Å². The van der Waals surface area contributed by atoms with Crippen LogP contribution in [0.4, 0.5) is 5.69 Å². The van der Waals surface area contributed by atoms with Crippen molar-refractivity contribution in [2.24, 2.45) is 5.73 Å². The highest BCUT2D eigenvalue weighted by Crippen LogP contribution is 2.25. The maximum atomic E-state index is 11.5. The zero-order chi connectivity index (χ0) is 10.8. The fraction of sp³-hybridized carbons (Fsp3) is 0.364. The highest BCUT2D eigenvalue weighted by Gasteiger charge is 2.19. The third-order valence-electron chi connectivity index (χ3n) is 2.63. The molecule has 3 N–H and O–H groups in total. The number of hydrogen-bond acceptors (Lipinski definition) is 3. The van der Waals surface area contributed by atoms with Crippen LogP contribution in [0.15, 0.2) is 18.2 Å². The number of rotatable bonds is 1. The van der Waals surface area contributed by atoms with Crippen molar-refractivity contribution in [2.75, 3.05) is 12.4 Å². The van der Waals surface area contributed by atoms with Crippen molar-refractivity contribution in [1.29, 1.82) is 0 Å². The molecule has 0 fully saturated rings. The normalized spacial score (nSPS) is 20.1. The molecule has 0 unspecified atom stereocenters. The number of fused-ring (bicyclic) bond motifs is 1. The molecule has 0 aromatic heterocycles. The van der Waals surface area contributed by atoms with Crippen molar-refractivity contribution in [3.8, 4) is 5.75 Å². The minimum atomic E-state index is -0.414. The number of carbonyl (C=O) groups is 1. The van der Waals surface area contributed by atoms with Gasteiger partial charge in [-0.25, -0.2) is 0 Å². The highest BCUT2D eigenvalue weighted by molar-refractivity contribution is 5.96. The summed E-state index contributed by atoms with van der Waals surface area (Å²) < 4.78 is 5.13. The summed E-state index contributed by atoms with van der Waals surface area (Å²) in [5.74, 6) is 0.692. The minimum absolute atomic E-state index is 0.112. The van der Waals surface area contributed by atoms with Crippen LogP contribution < -0.4 is 15.8 Å². The lowest BCUT2D eigenvalue weighted by Gasteiger charge is -2.08. The van der Waals surface area contributed by atoms with Crippen LogP contribution in [0.25, 0.3) is 0 Å². The smallest absolute Gasteiger partial charge is 0.241 e. The van der Waals surface area contributed by atoms with Gasteiger partial charge in [-0.15, -0.1) is 0 Å². The van der Waals surface area contributed by atoms with E-state index in [1.807, 2.05) is 18.2 Å². The second kappa shape index (κ2) is 3.90. The number of carbonyl (C=O) groups excluding carboxylic acids is 1. The van der Waals surface area contributed by atoms with Gasteiger partial charge in [0.15, 0.2) is 0 Å². The van der Waals surface area contributed by atoms with E-state index in [2.05, 4.69) is 5.32 Å². The lowest BCUT2D eigenvalue weighted by molar-refractivity contribution is -0.117. The Bertz CT molecular complexity index is 390. The first-order valence-corrected chi connectivity index (χ1v) is 4.94. The first-order chi connectivity index (χ1) is 7.20. The Morgan fingerprint density at radius 2 is 2.33 bits per heavy atom. The average Bonchev–Trinajstić information content (AvgIpc) is 2.39. The molecule has 0 spiro atoms. The van der Waals surface area contributed by atoms with E-state index in [4.69, 9.17) is 10.5 Å². The summed E-state index contributed by atoms with van der Waals surface area (Å²) in [7, 11) is 1.63.